The van der Waals surface area contributed by atoms with Gasteiger partial charge < -0.3 is 14.0 Å². The number of rotatable bonds is 5. The summed E-state index contributed by atoms with van der Waals surface area (Å²) in [5.41, 5.74) is 4.09. The molecule has 0 amide bonds. The van der Waals surface area contributed by atoms with Crippen LogP contribution in [-0.4, -0.2) is 24.3 Å². The average molecular weight is 395 g/mol. The first-order chi connectivity index (χ1) is 13.5. The number of nitriles is 1. The smallest absolute Gasteiger partial charge is 0.340 e. The maximum Gasteiger partial charge on any atom is 0.340 e. The number of methoxy groups -OCH3 is 1. The minimum Gasteiger partial charge on any atom is -0.495 e. The molecule has 5 nitrogen and oxygen atoms in total. The molecule has 0 radical (unpaired) electrons. The largest absolute Gasteiger partial charge is 0.495 e. The van der Waals surface area contributed by atoms with Crippen LogP contribution in [0.4, 0.5) is 0 Å². The van der Waals surface area contributed by atoms with E-state index in [1.54, 1.807) is 50.6 Å². The summed E-state index contributed by atoms with van der Waals surface area (Å²) >= 11 is 6.10. The van der Waals surface area contributed by atoms with Crippen LogP contribution in [0.3, 0.4) is 0 Å². The van der Waals surface area contributed by atoms with Crippen molar-refractivity contribution in [3.63, 3.8) is 0 Å². The Morgan fingerprint density at radius 2 is 2.00 bits per heavy atom. The van der Waals surface area contributed by atoms with Crippen molar-refractivity contribution in [2.75, 3.05) is 13.7 Å². The molecule has 2 aromatic carbocycles. The molecule has 0 aliphatic carbocycles. The van der Waals surface area contributed by atoms with Gasteiger partial charge in [-0.15, -0.1) is 0 Å². The van der Waals surface area contributed by atoms with Crippen LogP contribution in [-0.2, 0) is 4.74 Å². The summed E-state index contributed by atoms with van der Waals surface area (Å²) in [6.07, 6.45) is 1.80. The first-order valence-electron chi connectivity index (χ1n) is 8.73. The number of hydrogen-bond donors (Lipinski definition) is 0. The number of nitrogens with zero attached hydrogens (tertiary/aromatic N) is 2. The number of aryl methyl sites for hydroxylation is 1. The minimum atomic E-state index is -0.409. The molecule has 1 heterocycles. The van der Waals surface area contributed by atoms with Gasteiger partial charge in [-0.05, 0) is 49.7 Å². The number of carbonyl (C=O) groups is 1. The molecular formula is C22H19ClN2O3. The maximum absolute atomic E-state index is 12.6. The highest BCUT2D eigenvalue weighted by Gasteiger charge is 2.22. The second-order valence-electron chi connectivity index (χ2n) is 6.13. The Morgan fingerprint density at radius 3 is 2.64 bits per heavy atom. The van der Waals surface area contributed by atoms with E-state index < -0.39 is 5.97 Å². The summed E-state index contributed by atoms with van der Waals surface area (Å²) < 4.78 is 12.6. The second kappa shape index (κ2) is 8.20. The van der Waals surface area contributed by atoms with Gasteiger partial charge in [-0.2, -0.15) is 5.26 Å². The molecule has 0 saturated carbocycles. The van der Waals surface area contributed by atoms with Crippen LogP contribution in [0.15, 0.2) is 48.7 Å². The van der Waals surface area contributed by atoms with E-state index in [9.17, 15) is 4.79 Å². The Morgan fingerprint density at radius 1 is 1.21 bits per heavy atom. The SMILES string of the molecule is CCOC(=O)c1ccn(-c2ccc(Cl)cc2OC)c1-c1ccc(C#N)cc1C. The van der Waals surface area contributed by atoms with Crippen LogP contribution >= 0.6 is 11.6 Å². The van der Waals surface area contributed by atoms with Gasteiger partial charge in [0.2, 0.25) is 0 Å². The highest BCUT2D eigenvalue weighted by atomic mass is 35.5. The summed E-state index contributed by atoms with van der Waals surface area (Å²) in [4.78, 5) is 12.6. The Hall–Kier alpha value is -3.23. The first-order valence-corrected chi connectivity index (χ1v) is 9.11. The van der Waals surface area contributed by atoms with E-state index in [1.165, 1.54) is 0 Å². The Labute approximate surface area is 168 Å². The molecule has 0 unspecified atom stereocenters. The normalized spacial score (nSPS) is 10.4. The Kier molecular flexibility index (Phi) is 5.72. The summed E-state index contributed by atoms with van der Waals surface area (Å²) in [6.45, 7) is 3.95. The number of benzene rings is 2. The van der Waals surface area contributed by atoms with E-state index in [2.05, 4.69) is 6.07 Å². The standard InChI is InChI=1S/C22H19ClN2O3/c1-4-28-22(26)18-9-10-25(19-8-6-16(23)12-20(19)27-3)21(18)17-7-5-15(13-24)11-14(17)2/h5-12H,4H2,1-3H3. The van der Waals surface area contributed by atoms with Gasteiger partial charge in [-0.25, -0.2) is 4.79 Å². The van der Waals surface area contributed by atoms with Crippen LogP contribution < -0.4 is 4.74 Å². The quantitative estimate of drug-likeness (QED) is 0.560. The van der Waals surface area contributed by atoms with Crippen LogP contribution in [0, 0.1) is 18.3 Å². The van der Waals surface area contributed by atoms with Crippen molar-refractivity contribution < 1.29 is 14.3 Å². The van der Waals surface area contributed by atoms with E-state index in [0.717, 1.165) is 16.8 Å². The summed E-state index contributed by atoms with van der Waals surface area (Å²) in [7, 11) is 1.57. The third-order valence-corrected chi connectivity index (χ3v) is 4.63. The third-order valence-electron chi connectivity index (χ3n) is 4.39. The Bertz CT molecular complexity index is 1080. The topological polar surface area (TPSA) is 64.2 Å². The van der Waals surface area contributed by atoms with Crippen molar-refractivity contribution in [2.45, 2.75) is 13.8 Å². The molecule has 0 bridgehead atoms. The lowest BCUT2D eigenvalue weighted by molar-refractivity contribution is 0.0527. The maximum atomic E-state index is 12.6. The van der Waals surface area contributed by atoms with E-state index in [0.29, 0.717) is 27.6 Å². The van der Waals surface area contributed by atoms with E-state index in [-0.39, 0.29) is 6.61 Å². The van der Waals surface area contributed by atoms with Gasteiger partial charge in [0.05, 0.1) is 42.3 Å². The summed E-state index contributed by atoms with van der Waals surface area (Å²) in [5.74, 6) is 0.166. The highest BCUT2D eigenvalue weighted by molar-refractivity contribution is 6.30. The molecule has 6 heteroatoms. The van der Waals surface area contributed by atoms with Crippen LogP contribution in [0.5, 0.6) is 5.75 Å². The second-order valence-corrected chi connectivity index (χ2v) is 6.56. The van der Waals surface area contributed by atoms with Crippen molar-refractivity contribution in [3.8, 4) is 28.8 Å². The lowest BCUT2D eigenvalue weighted by atomic mass is 10.00. The number of esters is 1. The zero-order valence-electron chi connectivity index (χ0n) is 15.8. The number of hydrogen-bond acceptors (Lipinski definition) is 4. The van der Waals surface area contributed by atoms with Crippen molar-refractivity contribution in [1.29, 1.82) is 5.26 Å². The fourth-order valence-electron chi connectivity index (χ4n) is 3.13. The number of aromatic nitrogens is 1. The summed E-state index contributed by atoms with van der Waals surface area (Å²) in [5, 5.41) is 9.72. The third kappa shape index (κ3) is 3.60. The molecule has 3 rings (SSSR count). The van der Waals surface area contributed by atoms with Gasteiger partial charge in [-0.3, -0.25) is 0 Å². The minimum absolute atomic E-state index is 0.278. The average Bonchev–Trinajstić information content (AvgIpc) is 3.12. The van der Waals surface area contributed by atoms with Gasteiger partial charge in [0.1, 0.15) is 5.75 Å². The van der Waals surface area contributed by atoms with E-state index >= 15 is 0 Å². The molecular weight excluding hydrogens is 376 g/mol. The lowest BCUT2D eigenvalue weighted by Crippen LogP contribution is -2.08. The van der Waals surface area contributed by atoms with Crippen molar-refractivity contribution >= 4 is 17.6 Å². The van der Waals surface area contributed by atoms with Crippen molar-refractivity contribution in [3.05, 3.63) is 70.4 Å². The van der Waals surface area contributed by atoms with Gasteiger partial charge in [-0.1, -0.05) is 17.7 Å². The van der Waals surface area contributed by atoms with Gasteiger partial charge >= 0.3 is 5.97 Å². The fraction of sp³-hybridized carbons (Fsp3) is 0.182. The van der Waals surface area contributed by atoms with Crippen LogP contribution in [0.1, 0.15) is 28.4 Å². The molecule has 0 fully saturated rings. The fourth-order valence-corrected chi connectivity index (χ4v) is 3.29. The molecule has 0 aliphatic heterocycles. The van der Waals surface area contributed by atoms with Gasteiger partial charge in [0.15, 0.2) is 0 Å². The van der Waals surface area contributed by atoms with E-state index in [4.69, 9.17) is 26.3 Å². The highest BCUT2D eigenvalue weighted by Crippen LogP contribution is 2.35. The predicted molar refractivity (Wildman–Crippen MR) is 108 cm³/mol. The summed E-state index contributed by atoms with van der Waals surface area (Å²) in [6, 6.07) is 14.5. The monoisotopic (exact) mass is 394 g/mol. The molecule has 0 saturated heterocycles. The van der Waals surface area contributed by atoms with Crippen molar-refractivity contribution in [1.82, 2.24) is 4.57 Å². The molecule has 1 aromatic heterocycles. The van der Waals surface area contributed by atoms with Crippen LogP contribution in [0.25, 0.3) is 16.9 Å². The molecule has 0 spiro atoms. The van der Waals surface area contributed by atoms with Crippen LogP contribution in [0.2, 0.25) is 5.02 Å². The molecule has 28 heavy (non-hydrogen) atoms. The zero-order chi connectivity index (χ0) is 20.3. The first kappa shape index (κ1) is 19.5. The van der Waals surface area contributed by atoms with E-state index in [1.807, 2.05) is 23.6 Å². The Balaban J connectivity index is 2.29. The molecule has 0 N–H and O–H groups in total. The number of halogens is 1. The number of ether oxygens (including phenoxy) is 2. The molecule has 0 atom stereocenters. The predicted octanol–water partition coefficient (Wildman–Crippen LogP) is 5.16. The molecule has 3 aromatic rings. The zero-order valence-corrected chi connectivity index (χ0v) is 16.6. The molecule has 142 valence electrons. The molecule has 0 aliphatic rings. The lowest BCUT2D eigenvalue weighted by Gasteiger charge is -2.16. The number of carbonyl (C=O) groups excluding carboxylic acids is 1. The van der Waals surface area contributed by atoms with Gasteiger partial charge in [0.25, 0.3) is 0 Å². The van der Waals surface area contributed by atoms with Gasteiger partial charge in [0, 0.05) is 22.8 Å². The van der Waals surface area contributed by atoms with Crippen molar-refractivity contribution in [2.24, 2.45) is 0 Å².